The van der Waals surface area contributed by atoms with Crippen molar-refractivity contribution in [1.29, 1.82) is 0 Å². The first-order chi connectivity index (χ1) is 7.86. The smallest absolute Gasteiger partial charge is 0.0748 e. The van der Waals surface area contributed by atoms with Gasteiger partial charge >= 0.3 is 0 Å². The van der Waals surface area contributed by atoms with Gasteiger partial charge < -0.3 is 0 Å². The van der Waals surface area contributed by atoms with Crippen molar-refractivity contribution in [3.8, 4) is 0 Å². The highest BCUT2D eigenvalue weighted by atomic mass is 32.2. The molecule has 0 aliphatic carbocycles. The molecular formula is C14H11NS. The van der Waals surface area contributed by atoms with E-state index in [0.717, 1.165) is 11.1 Å². The van der Waals surface area contributed by atoms with Crippen LogP contribution in [0.4, 0.5) is 0 Å². The topological polar surface area (TPSA) is 12.9 Å². The van der Waals surface area contributed by atoms with Crippen molar-refractivity contribution in [3.05, 3.63) is 65.7 Å². The quantitative estimate of drug-likeness (QED) is 0.725. The molecule has 0 saturated heterocycles. The molecule has 78 valence electrons. The van der Waals surface area contributed by atoms with Gasteiger partial charge in [0.15, 0.2) is 0 Å². The number of hydrogen-bond acceptors (Lipinski definition) is 2. The predicted molar refractivity (Wildman–Crippen MR) is 70.4 cm³/mol. The summed E-state index contributed by atoms with van der Waals surface area (Å²) in [5, 5.41) is 3.63. The third kappa shape index (κ3) is 1.46. The van der Waals surface area contributed by atoms with E-state index < -0.39 is 0 Å². The van der Waals surface area contributed by atoms with E-state index >= 15 is 0 Å². The number of para-hydroxylation sites is 1. The van der Waals surface area contributed by atoms with E-state index in [4.69, 9.17) is 0 Å². The monoisotopic (exact) mass is 225 g/mol. The van der Waals surface area contributed by atoms with Crippen LogP contribution >= 0.6 is 11.8 Å². The number of hydrogen-bond donors (Lipinski definition) is 0. The lowest BCUT2D eigenvalue weighted by atomic mass is 10.0. The second-order valence-corrected chi connectivity index (χ2v) is 4.83. The second-order valence-electron chi connectivity index (χ2n) is 3.82. The largest absolute Gasteiger partial charge is 0.256 e. The van der Waals surface area contributed by atoms with Gasteiger partial charge in [0.05, 0.1) is 10.8 Å². The van der Waals surface area contributed by atoms with Gasteiger partial charge in [0.2, 0.25) is 0 Å². The summed E-state index contributed by atoms with van der Waals surface area (Å²) in [6.45, 7) is 4.08. The predicted octanol–water partition coefficient (Wildman–Crippen LogP) is 4.09. The van der Waals surface area contributed by atoms with Gasteiger partial charge in [0.25, 0.3) is 0 Å². The van der Waals surface area contributed by atoms with Crippen LogP contribution < -0.4 is 0 Å². The Bertz CT molecular complexity index is 581. The zero-order valence-electron chi connectivity index (χ0n) is 8.76. The maximum absolute atomic E-state index is 4.48. The van der Waals surface area contributed by atoms with E-state index in [0.29, 0.717) is 5.25 Å². The lowest BCUT2D eigenvalue weighted by Crippen LogP contribution is -1.94. The SMILES string of the molecule is C=C1C=CSC1c1cccc2cccnc12. The molecule has 0 bridgehead atoms. The maximum atomic E-state index is 4.48. The fourth-order valence-electron chi connectivity index (χ4n) is 1.99. The summed E-state index contributed by atoms with van der Waals surface area (Å²) in [6.07, 6.45) is 3.93. The van der Waals surface area contributed by atoms with Crippen LogP contribution in [0.25, 0.3) is 10.9 Å². The van der Waals surface area contributed by atoms with Crippen molar-refractivity contribution >= 4 is 22.7 Å². The molecule has 1 atom stereocenters. The van der Waals surface area contributed by atoms with Gasteiger partial charge in [-0.2, -0.15) is 0 Å². The number of rotatable bonds is 1. The van der Waals surface area contributed by atoms with E-state index in [2.05, 4.69) is 47.3 Å². The first kappa shape index (κ1) is 9.67. The number of thioether (sulfide) groups is 1. The van der Waals surface area contributed by atoms with Crippen LogP contribution in [0.5, 0.6) is 0 Å². The third-order valence-electron chi connectivity index (χ3n) is 2.78. The number of aromatic nitrogens is 1. The molecule has 1 aliphatic heterocycles. The summed E-state index contributed by atoms with van der Waals surface area (Å²) in [5.41, 5.74) is 3.51. The zero-order chi connectivity index (χ0) is 11.0. The number of benzene rings is 1. The normalized spacial score (nSPS) is 19.5. The molecule has 0 amide bonds. The summed E-state index contributed by atoms with van der Waals surface area (Å²) in [7, 11) is 0. The van der Waals surface area contributed by atoms with Gasteiger partial charge in [-0.25, -0.2) is 0 Å². The van der Waals surface area contributed by atoms with Crippen LogP contribution in [0.3, 0.4) is 0 Å². The van der Waals surface area contributed by atoms with Crippen LogP contribution in [-0.4, -0.2) is 4.98 Å². The van der Waals surface area contributed by atoms with Gasteiger partial charge in [0.1, 0.15) is 0 Å². The Labute approximate surface area is 98.9 Å². The second kappa shape index (κ2) is 3.80. The van der Waals surface area contributed by atoms with Gasteiger partial charge in [0, 0.05) is 11.6 Å². The molecule has 2 aromatic rings. The van der Waals surface area contributed by atoms with Crippen molar-refractivity contribution in [1.82, 2.24) is 4.98 Å². The van der Waals surface area contributed by atoms with Crippen molar-refractivity contribution in [2.75, 3.05) is 0 Å². The molecule has 0 fully saturated rings. The highest BCUT2D eigenvalue weighted by Gasteiger charge is 2.19. The molecule has 16 heavy (non-hydrogen) atoms. The Kier molecular flexibility index (Phi) is 2.29. The molecule has 1 aromatic heterocycles. The molecule has 1 aromatic carbocycles. The molecule has 0 saturated carbocycles. The van der Waals surface area contributed by atoms with Crippen LogP contribution in [0, 0.1) is 0 Å². The van der Waals surface area contributed by atoms with Crippen molar-refractivity contribution in [2.45, 2.75) is 5.25 Å². The highest BCUT2D eigenvalue weighted by molar-refractivity contribution is 8.02. The van der Waals surface area contributed by atoms with Crippen molar-refractivity contribution < 1.29 is 0 Å². The van der Waals surface area contributed by atoms with Gasteiger partial charge in [-0.1, -0.05) is 36.9 Å². The summed E-state index contributed by atoms with van der Waals surface area (Å²) >= 11 is 1.80. The molecule has 0 N–H and O–H groups in total. The molecule has 1 aliphatic rings. The molecule has 0 radical (unpaired) electrons. The average Bonchev–Trinajstić information content (AvgIpc) is 2.75. The fraction of sp³-hybridized carbons (Fsp3) is 0.0714. The third-order valence-corrected chi connectivity index (χ3v) is 3.90. The standard InChI is InChI=1S/C14H11NS/c1-10-7-9-16-14(10)12-6-2-4-11-5-3-8-15-13(11)12/h2-9,14H,1H2. The van der Waals surface area contributed by atoms with Crippen LogP contribution in [0.15, 0.2) is 60.2 Å². The minimum absolute atomic E-state index is 0.332. The van der Waals surface area contributed by atoms with Gasteiger partial charge in [-0.15, -0.1) is 11.8 Å². The van der Waals surface area contributed by atoms with Gasteiger partial charge in [-0.05, 0) is 22.6 Å². The summed E-state index contributed by atoms with van der Waals surface area (Å²) in [5.74, 6) is 0. The Morgan fingerprint density at radius 2 is 2.06 bits per heavy atom. The Hall–Kier alpha value is -1.54. The van der Waals surface area contributed by atoms with E-state index in [9.17, 15) is 0 Å². The lowest BCUT2D eigenvalue weighted by Gasteiger charge is -2.12. The minimum Gasteiger partial charge on any atom is -0.256 e. The van der Waals surface area contributed by atoms with E-state index in [-0.39, 0.29) is 0 Å². The summed E-state index contributed by atoms with van der Waals surface area (Å²) in [4.78, 5) is 4.48. The maximum Gasteiger partial charge on any atom is 0.0748 e. The fourth-order valence-corrected chi connectivity index (χ4v) is 2.99. The molecule has 2 heteroatoms. The van der Waals surface area contributed by atoms with E-state index in [1.54, 1.807) is 11.8 Å². The minimum atomic E-state index is 0.332. The van der Waals surface area contributed by atoms with E-state index in [1.807, 2.05) is 12.3 Å². The number of pyridine rings is 1. The van der Waals surface area contributed by atoms with Crippen molar-refractivity contribution in [2.24, 2.45) is 0 Å². The first-order valence-corrected chi connectivity index (χ1v) is 6.15. The van der Waals surface area contributed by atoms with Gasteiger partial charge in [-0.3, -0.25) is 4.98 Å². The molecule has 1 unspecified atom stereocenters. The van der Waals surface area contributed by atoms with Crippen LogP contribution in [-0.2, 0) is 0 Å². The molecular weight excluding hydrogens is 214 g/mol. The first-order valence-electron chi connectivity index (χ1n) is 5.21. The Morgan fingerprint density at radius 3 is 2.88 bits per heavy atom. The number of fused-ring (bicyclic) bond motifs is 1. The Morgan fingerprint density at radius 1 is 1.19 bits per heavy atom. The van der Waals surface area contributed by atoms with E-state index in [1.165, 1.54) is 10.9 Å². The molecule has 1 nitrogen and oxygen atoms in total. The molecule has 3 rings (SSSR count). The lowest BCUT2D eigenvalue weighted by molar-refractivity contribution is 1.19. The zero-order valence-corrected chi connectivity index (χ0v) is 9.58. The average molecular weight is 225 g/mol. The summed E-state index contributed by atoms with van der Waals surface area (Å²) in [6, 6.07) is 10.4. The Balaban J connectivity index is 2.20. The molecule has 2 heterocycles. The van der Waals surface area contributed by atoms with Crippen LogP contribution in [0.1, 0.15) is 10.8 Å². The van der Waals surface area contributed by atoms with Crippen molar-refractivity contribution in [3.63, 3.8) is 0 Å². The highest BCUT2D eigenvalue weighted by Crippen LogP contribution is 2.43. The molecule has 0 spiro atoms. The number of allylic oxidation sites excluding steroid dienone is 1. The summed E-state index contributed by atoms with van der Waals surface area (Å²) < 4.78 is 0. The van der Waals surface area contributed by atoms with Crippen LogP contribution in [0.2, 0.25) is 0 Å². The number of nitrogens with zero attached hydrogens (tertiary/aromatic N) is 1.